The number of aromatic nitrogens is 1. The van der Waals surface area contributed by atoms with Gasteiger partial charge in [0.2, 0.25) is 0 Å². The number of aliphatic hydroxyl groups excluding tert-OH is 1. The third kappa shape index (κ3) is 3.86. The molecule has 1 aliphatic carbocycles. The van der Waals surface area contributed by atoms with Crippen LogP contribution in [0.15, 0.2) is 18.5 Å². The predicted molar refractivity (Wildman–Crippen MR) is 67.8 cm³/mol. The first-order chi connectivity index (χ1) is 8.16. The Morgan fingerprint density at radius 2 is 2.24 bits per heavy atom. The highest BCUT2D eigenvalue weighted by Crippen LogP contribution is 2.40. The third-order valence-electron chi connectivity index (χ3n) is 3.13. The van der Waals surface area contributed by atoms with Gasteiger partial charge >= 0.3 is 0 Å². The number of hydrogen-bond acceptors (Lipinski definition) is 2. The van der Waals surface area contributed by atoms with Crippen molar-refractivity contribution in [2.75, 3.05) is 13.2 Å². The Hall–Kier alpha value is -0.800. The van der Waals surface area contributed by atoms with Gasteiger partial charge in [-0.1, -0.05) is 13.8 Å². The lowest BCUT2D eigenvalue weighted by atomic mass is 10.1. The largest absolute Gasteiger partial charge is 0.388 e. The fraction of sp³-hybridized carbons (Fsp3) is 0.714. The fourth-order valence-electron chi connectivity index (χ4n) is 1.95. The molecule has 1 fully saturated rings. The molecule has 1 aromatic heterocycles. The number of aliphatic hydroxyl groups is 1. The minimum atomic E-state index is -0.257. The summed E-state index contributed by atoms with van der Waals surface area (Å²) in [6.45, 7) is 6.73. The molecule has 1 saturated carbocycles. The van der Waals surface area contributed by atoms with Crippen LogP contribution in [-0.2, 0) is 11.3 Å². The maximum absolute atomic E-state index is 9.97. The lowest BCUT2D eigenvalue weighted by Gasteiger charge is -2.08. The summed E-state index contributed by atoms with van der Waals surface area (Å²) < 4.78 is 7.64. The Morgan fingerprint density at radius 3 is 2.88 bits per heavy atom. The quantitative estimate of drug-likeness (QED) is 0.740. The van der Waals surface area contributed by atoms with Gasteiger partial charge in [-0.3, -0.25) is 0 Å². The number of ether oxygens (including phenoxy) is 1. The second-order valence-corrected chi connectivity index (χ2v) is 5.43. The standard InChI is InChI=1S/C14H23NO2/c1-11(2)10-17-8-7-15-6-5-13(9-15)14(16)12-3-4-12/h5-6,9,11-12,14,16H,3-4,7-8,10H2,1-2H3. The van der Waals surface area contributed by atoms with Crippen LogP contribution in [0.1, 0.15) is 38.4 Å². The van der Waals surface area contributed by atoms with E-state index in [4.69, 9.17) is 4.74 Å². The Kier molecular flexibility index (Phi) is 4.24. The first kappa shape index (κ1) is 12.7. The zero-order valence-corrected chi connectivity index (χ0v) is 10.8. The van der Waals surface area contributed by atoms with Gasteiger partial charge < -0.3 is 14.4 Å². The van der Waals surface area contributed by atoms with Crippen molar-refractivity contribution in [1.82, 2.24) is 4.57 Å². The van der Waals surface area contributed by atoms with Crippen LogP contribution >= 0.6 is 0 Å². The molecule has 1 heterocycles. The average Bonchev–Trinajstić information content (AvgIpc) is 3.03. The van der Waals surface area contributed by atoms with Crippen LogP contribution in [0.4, 0.5) is 0 Å². The van der Waals surface area contributed by atoms with Gasteiger partial charge in [-0.25, -0.2) is 0 Å². The molecule has 0 amide bonds. The van der Waals surface area contributed by atoms with Gasteiger partial charge in [0.25, 0.3) is 0 Å². The van der Waals surface area contributed by atoms with Gasteiger partial charge in [0.05, 0.1) is 12.7 Å². The molecular formula is C14H23NO2. The monoisotopic (exact) mass is 237 g/mol. The molecule has 1 aliphatic rings. The molecule has 1 aromatic rings. The summed E-state index contributed by atoms with van der Waals surface area (Å²) in [5.41, 5.74) is 1.05. The molecular weight excluding hydrogens is 214 g/mol. The topological polar surface area (TPSA) is 34.4 Å². The van der Waals surface area contributed by atoms with E-state index in [1.807, 2.05) is 18.5 Å². The molecule has 0 spiro atoms. The summed E-state index contributed by atoms with van der Waals surface area (Å²) >= 11 is 0. The summed E-state index contributed by atoms with van der Waals surface area (Å²) in [4.78, 5) is 0. The van der Waals surface area contributed by atoms with Crippen molar-refractivity contribution in [3.63, 3.8) is 0 Å². The Balaban J connectivity index is 1.74. The summed E-state index contributed by atoms with van der Waals surface area (Å²) in [6, 6.07) is 2.02. The van der Waals surface area contributed by atoms with Crippen LogP contribution in [0.3, 0.4) is 0 Å². The van der Waals surface area contributed by atoms with Crippen LogP contribution in [-0.4, -0.2) is 22.9 Å². The zero-order chi connectivity index (χ0) is 12.3. The highest BCUT2D eigenvalue weighted by molar-refractivity contribution is 5.16. The van der Waals surface area contributed by atoms with Crippen molar-refractivity contribution in [2.24, 2.45) is 11.8 Å². The summed E-state index contributed by atoms with van der Waals surface area (Å²) in [5.74, 6) is 1.09. The van der Waals surface area contributed by atoms with Crippen LogP contribution in [0.2, 0.25) is 0 Å². The molecule has 3 nitrogen and oxygen atoms in total. The molecule has 2 rings (SSSR count). The van der Waals surface area contributed by atoms with Crippen molar-refractivity contribution in [3.8, 4) is 0 Å². The van der Waals surface area contributed by atoms with E-state index in [-0.39, 0.29) is 6.10 Å². The number of nitrogens with zero attached hydrogens (tertiary/aromatic N) is 1. The van der Waals surface area contributed by atoms with E-state index in [0.29, 0.717) is 11.8 Å². The van der Waals surface area contributed by atoms with Gasteiger partial charge in [-0.15, -0.1) is 0 Å². The minimum Gasteiger partial charge on any atom is -0.388 e. The Labute approximate surface area is 103 Å². The third-order valence-corrected chi connectivity index (χ3v) is 3.13. The molecule has 0 radical (unpaired) electrons. The molecule has 1 atom stereocenters. The maximum Gasteiger partial charge on any atom is 0.0832 e. The molecule has 0 aliphatic heterocycles. The first-order valence-electron chi connectivity index (χ1n) is 6.58. The van der Waals surface area contributed by atoms with Crippen LogP contribution in [0.25, 0.3) is 0 Å². The van der Waals surface area contributed by atoms with Crippen molar-refractivity contribution in [1.29, 1.82) is 0 Å². The molecule has 3 heteroatoms. The normalized spacial score (nSPS) is 17.6. The smallest absolute Gasteiger partial charge is 0.0832 e. The Bertz CT molecular complexity index is 342. The van der Waals surface area contributed by atoms with E-state index in [1.165, 1.54) is 12.8 Å². The number of rotatable bonds is 7. The molecule has 0 bridgehead atoms. The molecule has 0 saturated heterocycles. The summed E-state index contributed by atoms with van der Waals surface area (Å²) in [7, 11) is 0. The van der Waals surface area contributed by atoms with E-state index in [9.17, 15) is 5.11 Å². The lowest BCUT2D eigenvalue weighted by molar-refractivity contribution is 0.103. The molecule has 96 valence electrons. The van der Waals surface area contributed by atoms with Crippen molar-refractivity contribution < 1.29 is 9.84 Å². The van der Waals surface area contributed by atoms with Gasteiger partial charge in [-0.2, -0.15) is 0 Å². The van der Waals surface area contributed by atoms with Gasteiger partial charge in [-0.05, 0) is 36.3 Å². The van der Waals surface area contributed by atoms with E-state index in [1.54, 1.807) is 0 Å². The van der Waals surface area contributed by atoms with E-state index in [2.05, 4.69) is 18.4 Å². The minimum absolute atomic E-state index is 0.257. The van der Waals surface area contributed by atoms with E-state index in [0.717, 1.165) is 25.3 Å². The average molecular weight is 237 g/mol. The van der Waals surface area contributed by atoms with Crippen LogP contribution in [0, 0.1) is 11.8 Å². The summed E-state index contributed by atoms with van der Waals surface area (Å²) in [5, 5.41) is 9.97. The van der Waals surface area contributed by atoms with Crippen molar-refractivity contribution in [2.45, 2.75) is 39.3 Å². The second kappa shape index (κ2) is 5.69. The summed E-state index contributed by atoms with van der Waals surface area (Å²) in [6.07, 6.45) is 6.16. The van der Waals surface area contributed by atoms with Gasteiger partial charge in [0.15, 0.2) is 0 Å². The predicted octanol–water partition coefficient (Wildman–Crippen LogP) is 2.60. The first-order valence-corrected chi connectivity index (χ1v) is 6.58. The highest BCUT2D eigenvalue weighted by atomic mass is 16.5. The van der Waals surface area contributed by atoms with Crippen molar-refractivity contribution >= 4 is 0 Å². The lowest BCUT2D eigenvalue weighted by Crippen LogP contribution is -2.08. The van der Waals surface area contributed by atoms with Gasteiger partial charge in [0.1, 0.15) is 0 Å². The highest BCUT2D eigenvalue weighted by Gasteiger charge is 2.31. The van der Waals surface area contributed by atoms with E-state index < -0.39 is 0 Å². The SMILES string of the molecule is CC(C)COCCn1ccc(C(O)C2CC2)c1. The maximum atomic E-state index is 9.97. The fourth-order valence-corrected chi connectivity index (χ4v) is 1.95. The van der Waals surface area contributed by atoms with Crippen LogP contribution < -0.4 is 0 Å². The molecule has 17 heavy (non-hydrogen) atoms. The second-order valence-electron chi connectivity index (χ2n) is 5.43. The Morgan fingerprint density at radius 1 is 1.47 bits per heavy atom. The molecule has 0 aromatic carbocycles. The van der Waals surface area contributed by atoms with Gasteiger partial charge in [0, 0.05) is 25.5 Å². The van der Waals surface area contributed by atoms with Crippen LogP contribution in [0.5, 0.6) is 0 Å². The number of hydrogen-bond donors (Lipinski definition) is 1. The molecule has 1 unspecified atom stereocenters. The van der Waals surface area contributed by atoms with Crippen molar-refractivity contribution in [3.05, 3.63) is 24.0 Å². The molecule has 1 N–H and O–H groups in total. The van der Waals surface area contributed by atoms with E-state index >= 15 is 0 Å². The zero-order valence-electron chi connectivity index (χ0n) is 10.8.